The first kappa shape index (κ1) is 16.8. The lowest BCUT2D eigenvalue weighted by atomic mass is 9.95. The molecular formula is C14H27F3N2. The predicted octanol–water partition coefficient (Wildman–Crippen LogP) is 3.28. The van der Waals surface area contributed by atoms with Crippen LogP contribution in [0.3, 0.4) is 0 Å². The summed E-state index contributed by atoms with van der Waals surface area (Å²) < 4.78 is 37.8. The molecule has 1 aliphatic rings. The quantitative estimate of drug-likeness (QED) is 0.803. The molecule has 0 amide bonds. The molecule has 5 heteroatoms. The second-order valence-corrected chi connectivity index (χ2v) is 5.97. The molecule has 0 spiro atoms. The molecule has 1 atom stereocenters. The zero-order valence-corrected chi connectivity index (χ0v) is 12.3. The van der Waals surface area contributed by atoms with Crippen LogP contribution in [-0.4, -0.2) is 43.3 Å². The summed E-state index contributed by atoms with van der Waals surface area (Å²) in [4.78, 5) is 2.22. The highest BCUT2D eigenvalue weighted by atomic mass is 19.4. The first-order valence-corrected chi connectivity index (χ1v) is 7.36. The molecule has 1 fully saturated rings. The Morgan fingerprint density at radius 3 is 2.16 bits per heavy atom. The van der Waals surface area contributed by atoms with Gasteiger partial charge in [-0.1, -0.05) is 20.8 Å². The topological polar surface area (TPSA) is 15.3 Å². The zero-order chi connectivity index (χ0) is 14.5. The predicted molar refractivity (Wildman–Crippen MR) is 72.1 cm³/mol. The van der Waals surface area contributed by atoms with E-state index in [-0.39, 0.29) is 12.8 Å². The average Bonchev–Trinajstić information content (AvgIpc) is 2.33. The van der Waals surface area contributed by atoms with Crippen LogP contribution in [0, 0.1) is 11.8 Å². The van der Waals surface area contributed by atoms with Crippen molar-refractivity contribution >= 4 is 0 Å². The van der Waals surface area contributed by atoms with E-state index in [2.05, 4.69) is 31.0 Å². The molecule has 0 bridgehead atoms. The lowest BCUT2D eigenvalue weighted by Gasteiger charge is -2.38. The summed E-state index contributed by atoms with van der Waals surface area (Å²) in [6.07, 6.45) is -2.51. The third-order valence-electron chi connectivity index (χ3n) is 3.91. The Hall–Kier alpha value is -0.290. The van der Waals surface area contributed by atoms with Gasteiger partial charge in [0.2, 0.25) is 0 Å². The second kappa shape index (κ2) is 7.48. The van der Waals surface area contributed by atoms with Crippen LogP contribution in [0.25, 0.3) is 0 Å². The van der Waals surface area contributed by atoms with Gasteiger partial charge in [0.1, 0.15) is 0 Å². The SMILES string of the molecule is CCC(CNCC(C)C)N1CCC(C(F)(F)F)CC1. The van der Waals surface area contributed by atoms with Crippen molar-refractivity contribution in [3.8, 4) is 0 Å². The van der Waals surface area contributed by atoms with Gasteiger partial charge in [-0.15, -0.1) is 0 Å². The van der Waals surface area contributed by atoms with Crippen molar-refractivity contribution in [2.24, 2.45) is 11.8 Å². The molecule has 0 aliphatic carbocycles. The van der Waals surface area contributed by atoms with Crippen LogP contribution >= 0.6 is 0 Å². The molecular weight excluding hydrogens is 253 g/mol. The fourth-order valence-electron chi connectivity index (χ4n) is 2.66. The average molecular weight is 280 g/mol. The van der Waals surface area contributed by atoms with Crippen molar-refractivity contribution in [3.63, 3.8) is 0 Å². The molecule has 0 radical (unpaired) electrons. The molecule has 19 heavy (non-hydrogen) atoms. The highest BCUT2D eigenvalue weighted by Gasteiger charge is 2.41. The molecule has 1 aliphatic heterocycles. The fraction of sp³-hybridized carbons (Fsp3) is 1.00. The molecule has 1 N–H and O–H groups in total. The standard InChI is InChI=1S/C14H27F3N2/c1-4-13(10-18-9-11(2)3)19-7-5-12(6-8-19)14(15,16)17/h11-13,18H,4-10H2,1-3H3. The van der Waals surface area contributed by atoms with Crippen LogP contribution < -0.4 is 5.32 Å². The number of halogens is 3. The number of alkyl halides is 3. The maximum absolute atomic E-state index is 12.6. The number of rotatable bonds is 6. The van der Waals surface area contributed by atoms with Crippen LogP contribution in [0.4, 0.5) is 13.2 Å². The third-order valence-corrected chi connectivity index (χ3v) is 3.91. The van der Waals surface area contributed by atoms with Gasteiger partial charge in [0.15, 0.2) is 0 Å². The van der Waals surface area contributed by atoms with Crippen LogP contribution in [0.1, 0.15) is 40.0 Å². The summed E-state index contributed by atoms with van der Waals surface area (Å²) >= 11 is 0. The minimum atomic E-state index is -4.01. The highest BCUT2D eigenvalue weighted by molar-refractivity contribution is 4.82. The van der Waals surface area contributed by atoms with E-state index in [1.807, 2.05) is 0 Å². The van der Waals surface area contributed by atoms with Gasteiger partial charge in [-0.3, -0.25) is 4.90 Å². The molecule has 1 saturated heterocycles. The molecule has 2 nitrogen and oxygen atoms in total. The van der Waals surface area contributed by atoms with Gasteiger partial charge in [-0.05, 0) is 44.8 Å². The number of hydrogen-bond acceptors (Lipinski definition) is 2. The molecule has 1 unspecified atom stereocenters. The number of piperidine rings is 1. The monoisotopic (exact) mass is 280 g/mol. The minimum absolute atomic E-state index is 0.254. The van der Waals surface area contributed by atoms with Gasteiger partial charge in [0, 0.05) is 12.6 Å². The molecule has 1 heterocycles. The number of nitrogens with one attached hydrogen (secondary N) is 1. The van der Waals surface area contributed by atoms with Crippen LogP contribution in [0.5, 0.6) is 0 Å². The first-order chi connectivity index (χ1) is 8.84. The fourth-order valence-corrected chi connectivity index (χ4v) is 2.66. The summed E-state index contributed by atoms with van der Waals surface area (Å²) in [6, 6.07) is 0.368. The molecule has 0 aromatic carbocycles. The highest BCUT2D eigenvalue weighted by Crippen LogP contribution is 2.34. The minimum Gasteiger partial charge on any atom is -0.315 e. The van der Waals surface area contributed by atoms with Gasteiger partial charge >= 0.3 is 6.18 Å². The van der Waals surface area contributed by atoms with Gasteiger partial charge < -0.3 is 5.32 Å². The van der Waals surface area contributed by atoms with Crippen LogP contribution in [0.2, 0.25) is 0 Å². The van der Waals surface area contributed by atoms with E-state index in [0.29, 0.717) is 25.0 Å². The van der Waals surface area contributed by atoms with Crippen LogP contribution in [0.15, 0.2) is 0 Å². The Kier molecular flexibility index (Phi) is 6.60. The van der Waals surface area contributed by atoms with E-state index in [1.54, 1.807) is 0 Å². The van der Waals surface area contributed by atoms with Crippen LogP contribution in [-0.2, 0) is 0 Å². The summed E-state index contributed by atoms with van der Waals surface area (Å²) in [5, 5.41) is 3.41. The normalized spacial score (nSPS) is 21.0. The Labute approximate surface area is 114 Å². The van der Waals surface area contributed by atoms with E-state index in [4.69, 9.17) is 0 Å². The molecule has 0 aromatic heterocycles. The van der Waals surface area contributed by atoms with Gasteiger partial charge in [0.05, 0.1) is 5.92 Å². The van der Waals surface area contributed by atoms with Crippen molar-refractivity contribution in [1.29, 1.82) is 0 Å². The Morgan fingerprint density at radius 2 is 1.74 bits per heavy atom. The van der Waals surface area contributed by atoms with Gasteiger partial charge in [-0.25, -0.2) is 0 Å². The molecule has 0 saturated carbocycles. The first-order valence-electron chi connectivity index (χ1n) is 7.36. The largest absolute Gasteiger partial charge is 0.391 e. The number of nitrogens with zero attached hydrogens (tertiary/aromatic N) is 1. The Morgan fingerprint density at radius 1 is 1.16 bits per heavy atom. The van der Waals surface area contributed by atoms with E-state index in [1.165, 1.54) is 0 Å². The van der Waals surface area contributed by atoms with E-state index < -0.39 is 12.1 Å². The smallest absolute Gasteiger partial charge is 0.315 e. The summed E-state index contributed by atoms with van der Waals surface area (Å²) in [5.41, 5.74) is 0. The van der Waals surface area contributed by atoms with Crippen molar-refractivity contribution in [2.75, 3.05) is 26.2 Å². The third kappa shape index (κ3) is 5.69. The second-order valence-electron chi connectivity index (χ2n) is 5.97. The van der Waals surface area contributed by atoms with E-state index in [9.17, 15) is 13.2 Å². The number of hydrogen-bond donors (Lipinski definition) is 1. The summed E-state index contributed by atoms with van der Waals surface area (Å²) in [6.45, 7) is 9.42. The zero-order valence-electron chi connectivity index (χ0n) is 12.3. The maximum Gasteiger partial charge on any atom is 0.391 e. The molecule has 114 valence electrons. The van der Waals surface area contributed by atoms with Crippen molar-refractivity contribution in [1.82, 2.24) is 10.2 Å². The number of likely N-dealkylation sites (tertiary alicyclic amines) is 1. The van der Waals surface area contributed by atoms with Crippen molar-refractivity contribution < 1.29 is 13.2 Å². The van der Waals surface area contributed by atoms with E-state index in [0.717, 1.165) is 19.5 Å². The Bertz CT molecular complexity index is 246. The summed E-state index contributed by atoms with van der Waals surface area (Å²) in [7, 11) is 0. The lowest BCUT2D eigenvalue weighted by molar-refractivity contribution is -0.186. The Balaban J connectivity index is 2.35. The van der Waals surface area contributed by atoms with Gasteiger partial charge in [0.25, 0.3) is 0 Å². The lowest BCUT2D eigenvalue weighted by Crippen LogP contribution is -2.48. The molecule has 0 aromatic rings. The van der Waals surface area contributed by atoms with Gasteiger partial charge in [-0.2, -0.15) is 13.2 Å². The molecule has 1 rings (SSSR count). The maximum atomic E-state index is 12.6. The summed E-state index contributed by atoms with van der Waals surface area (Å²) in [5.74, 6) is -0.488. The van der Waals surface area contributed by atoms with Crippen molar-refractivity contribution in [2.45, 2.75) is 52.3 Å². The van der Waals surface area contributed by atoms with Crippen molar-refractivity contribution in [3.05, 3.63) is 0 Å². The van der Waals surface area contributed by atoms with E-state index >= 15 is 0 Å².